The van der Waals surface area contributed by atoms with Crippen molar-refractivity contribution in [2.75, 3.05) is 83.2 Å². The van der Waals surface area contributed by atoms with Crippen LogP contribution in [0, 0.1) is 0 Å². The van der Waals surface area contributed by atoms with Crippen LogP contribution in [0.1, 0.15) is 25.7 Å². The summed E-state index contributed by atoms with van der Waals surface area (Å²) in [4.78, 5) is 15.7. The second kappa shape index (κ2) is 12.8. The SMILES string of the molecule is CNc1cc(Nc2ncc(Cl)c(OC3CCCN(CCF)C3)n2)c(OC)cc1N1CCC(N(C)C)CC1. The van der Waals surface area contributed by atoms with E-state index in [9.17, 15) is 4.39 Å². The Bertz CT molecular complexity index is 1030. The van der Waals surface area contributed by atoms with E-state index in [1.54, 1.807) is 7.11 Å². The van der Waals surface area contributed by atoms with Gasteiger partial charge in [-0.05, 0) is 52.4 Å². The molecule has 0 spiro atoms. The topological polar surface area (TPSA) is 78.0 Å². The van der Waals surface area contributed by atoms with E-state index in [0.717, 1.165) is 62.4 Å². The van der Waals surface area contributed by atoms with Gasteiger partial charge in [0, 0.05) is 45.3 Å². The lowest BCUT2D eigenvalue weighted by molar-refractivity contribution is 0.0815. The van der Waals surface area contributed by atoms with Gasteiger partial charge >= 0.3 is 0 Å². The highest BCUT2D eigenvalue weighted by Crippen LogP contribution is 2.39. The lowest BCUT2D eigenvalue weighted by Crippen LogP contribution is -2.42. The zero-order chi connectivity index (χ0) is 26.4. The maximum atomic E-state index is 12.8. The molecule has 1 unspecified atom stereocenters. The summed E-state index contributed by atoms with van der Waals surface area (Å²) in [5, 5.41) is 6.94. The number of piperidine rings is 2. The number of alkyl halides is 1. The van der Waals surface area contributed by atoms with Crippen LogP contribution in [-0.4, -0.2) is 99.6 Å². The molecule has 2 fully saturated rings. The first-order valence-electron chi connectivity index (χ1n) is 13.0. The first kappa shape index (κ1) is 27.5. The Morgan fingerprint density at radius 1 is 1.16 bits per heavy atom. The van der Waals surface area contributed by atoms with E-state index >= 15 is 0 Å². The summed E-state index contributed by atoms with van der Waals surface area (Å²) in [7, 11) is 7.87. The van der Waals surface area contributed by atoms with Crippen LogP contribution in [0.2, 0.25) is 5.02 Å². The molecule has 0 amide bonds. The Hall–Kier alpha value is -2.56. The fourth-order valence-corrected chi connectivity index (χ4v) is 5.26. The molecule has 2 aliphatic heterocycles. The van der Waals surface area contributed by atoms with Gasteiger partial charge in [0.1, 0.15) is 23.6 Å². The highest BCUT2D eigenvalue weighted by atomic mass is 35.5. The minimum atomic E-state index is -0.362. The summed E-state index contributed by atoms with van der Waals surface area (Å²) in [6, 6.07) is 4.68. The third kappa shape index (κ3) is 6.86. The first-order chi connectivity index (χ1) is 17.9. The van der Waals surface area contributed by atoms with E-state index in [4.69, 9.17) is 21.1 Å². The summed E-state index contributed by atoms with van der Waals surface area (Å²) in [6.07, 6.45) is 5.49. The van der Waals surface area contributed by atoms with E-state index in [1.807, 2.05) is 13.1 Å². The Balaban J connectivity index is 1.50. The van der Waals surface area contributed by atoms with Gasteiger partial charge in [0.05, 0.1) is 30.4 Å². The van der Waals surface area contributed by atoms with Crippen molar-refractivity contribution in [1.82, 2.24) is 19.8 Å². The fourth-order valence-electron chi connectivity index (χ4n) is 5.13. The molecule has 204 valence electrons. The van der Waals surface area contributed by atoms with Crippen molar-refractivity contribution in [2.24, 2.45) is 0 Å². The van der Waals surface area contributed by atoms with Crippen LogP contribution >= 0.6 is 11.6 Å². The van der Waals surface area contributed by atoms with Crippen molar-refractivity contribution in [3.8, 4) is 11.6 Å². The zero-order valence-electron chi connectivity index (χ0n) is 22.3. The molecule has 2 aliphatic rings. The normalized spacial score (nSPS) is 19.2. The molecule has 2 N–H and O–H groups in total. The lowest BCUT2D eigenvalue weighted by Gasteiger charge is -2.37. The van der Waals surface area contributed by atoms with Gasteiger partial charge in [0.15, 0.2) is 0 Å². The summed E-state index contributed by atoms with van der Waals surface area (Å²) in [5.41, 5.74) is 2.84. The molecule has 9 nitrogen and oxygen atoms in total. The highest BCUT2D eigenvalue weighted by Gasteiger charge is 2.25. The quantitative estimate of drug-likeness (QED) is 0.464. The molecule has 0 radical (unpaired) electrons. The van der Waals surface area contributed by atoms with Crippen LogP contribution in [0.25, 0.3) is 0 Å². The summed E-state index contributed by atoms with van der Waals surface area (Å²) < 4.78 is 24.7. The minimum Gasteiger partial charge on any atom is -0.494 e. The van der Waals surface area contributed by atoms with Gasteiger partial charge in [-0.15, -0.1) is 0 Å². The number of nitrogens with zero attached hydrogens (tertiary/aromatic N) is 5. The zero-order valence-corrected chi connectivity index (χ0v) is 23.0. The Morgan fingerprint density at radius 3 is 2.62 bits per heavy atom. The van der Waals surface area contributed by atoms with Crippen molar-refractivity contribution in [3.05, 3.63) is 23.4 Å². The van der Waals surface area contributed by atoms with Crippen LogP contribution in [0.3, 0.4) is 0 Å². The number of anilines is 4. The van der Waals surface area contributed by atoms with Gasteiger partial charge in [-0.25, -0.2) is 9.37 Å². The van der Waals surface area contributed by atoms with Gasteiger partial charge in [-0.2, -0.15) is 4.98 Å². The minimum absolute atomic E-state index is 0.0955. The second-order valence-electron chi connectivity index (χ2n) is 9.84. The van der Waals surface area contributed by atoms with Crippen LogP contribution in [0.5, 0.6) is 11.6 Å². The molecule has 4 rings (SSSR count). The third-order valence-electron chi connectivity index (χ3n) is 7.22. The Morgan fingerprint density at radius 2 is 1.95 bits per heavy atom. The number of likely N-dealkylation sites (tertiary alicyclic amines) is 1. The average molecular weight is 536 g/mol. The van der Waals surface area contributed by atoms with E-state index in [0.29, 0.717) is 41.7 Å². The van der Waals surface area contributed by atoms with Gasteiger partial charge < -0.3 is 29.9 Å². The summed E-state index contributed by atoms with van der Waals surface area (Å²) in [6.45, 7) is 3.56. The largest absolute Gasteiger partial charge is 0.494 e. The number of hydrogen-bond acceptors (Lipinski definition) is 9. The molecule has 3 heterocycles. The van der Waals surface area contributed by atoms with Crippen molar-refractivity contribution in [3.63, 3.8) is 0 Å². The van der Waals surface area contributed by atoms with E-state index in [-0.39, 0.29) is 12.8 Å². The van der Waals surface area contributed by atoms with Crippen LogP contribution < -0.4 is 25.0 Å². The monoisotopic (exact) mass is 535 g/mol. The molecular weight excluding hydrogens is 497 g/mol. The van der Waals surface area contributed by atoms with Crippen molar-refractivity contribution in [2.45, 2.75) is 37.8 Å². The van der Waals surface area contributed by atoms with Crippen LogP contribution in [-0.2, 0) is 0 Å². The molecule has 1 aromatic heterocycles. The fraction of sp³-hybridized carbons (Fsp3) is 0.615. The van der Waals surface area contributed by atoms with Gasteiger partial charge in [-0.1, -0.05) is 11.6 Å². The smallest absolute Gasteiger partial charge is 0.237 e. The van der Waals surface area contributed by atoms with E-state index in [2.05, 4.69) is 55.5 Å². The van der Waals surface area contributed by atoms with Gasteiger partial charge in [-0.3, -0.25) is 4.90 Å². The van der Waals surface area contributed by atoms with Crippen molar-refractivity contribution in [1.29, 1.82) is 0 Å². The number of rotatable bonds is 10. The molecule has 1 atom stereocenters. The molecule has 0 saturated carbocycles. The predicted octanol–water partition coefficient (Wildman–Crippen LogP) is 4.27. The maximum Gasteiger partial charge on any atom is 0.237 e. The average Bonchev–Trinajstić information content (AvgIpc) is 2.91. The van der Waals surface area contributed by atoms with Crippen molar-refractivity contribution >= 4 is 34.6 Å². The number of ether oxygens (including phenoxy) is 2. The number of hydrogen-bond donors (Lipinski definition) is 2. The second-order valence-corrected chi connectivity index (χ2v) is 10.3. The number of methoxy groups -OCH3 is 1. The summed E-state index contributed by atoms with van der Waals surface area (Å²) in [5.74, 6) is 1.37. The highest BCUT2D eigenvalue weighted by molar-refractivity contribution is 6.31. The molecule has 0 aliphatic carbocycles. The molecule has 2 saturated heterocycles. The number of halogens is 2. The predicted molar refractivity (Wildman–Crippen MR) is 148 cm³/mol. The lowest BCUT2D eigenvalue weighted by atomic mass is 10.0. The third-order valence-corrected chi connectivity index (χ3v) is 7.48. The Labute approximate surface area is 224 Å². The van der Waals surface area contributed by atoms with Crippen molar-refractivity contribution < 1.29 is 13.9 Å². The van der Waals surface area contributed by atoms with E-state index < -0.39 is 0 Å². The molecule has 11 heteroatoms. The van der Waals surface area contributed by atoms with Crippen LogP contribution in [0.4, 0.5) is 27.4 Å². The molecule has 2 aromatic rings. The molecular formula is C26H39ClFN7O2. The van der Waals surface area contributed by atoms with Gasteiger partial charge in [0.2, 0.25) is 11.8 Å². The summed E-state index contributed by atoms with van der Waals surface area (Å²) >= 11 is 6.36. The number of nitrogens with one attached hydrogen (secondary N) is 2. The van der Waals surface area contributed by atoms with Crippen LogP contribution in [0.15, 0.2) is 18.3 Å². The van der Waals surface area contributed by atoms with Gasteiger partial charge in [0.25, 0.3) is 0 Å². The molecule has 1 aromatic carbocycles. The molecule has 37 heavy (non-hydrogen) atoms. The van der Waals surface area contributed by atoms with E-state index in [1.165, 1.54) is 6.20 Å². The maximum absolute atomic E-state index is 12.8. The first-order valence-corrected chi connectivity index (χ1v) is 13.3. The Kier molecular flexibility index (Phi) is 9.50. The standard InChI is InChI=1S/C26H39ClFN7O2/c1-29-21-14-22(24(36-4)15-23(21)35-11-7-18(8-12-35)33(2)3)31-26-30-16-20(27)25(32-26)37-19-6-5-10-34(17-19)13-9-28/h14-16,18-19,29H,5-13,17H2,1-4H3,(H,30,31,32). The molecule has 0 bridgehead atoms. The number of benzene rings is 1. The number of aromatic nitrogens is 2.